The van der Waals surface area contributed by atoms with Gasteiger partial charge in [-0.3, -0.25) is 4.99 Å². The van der Waals surface area contributed by atoms with Crippen molar-refractivity contribution >= 4 is 44.0 Å². The van der Waals surface area contributed by atoms with E-state index in [0.717, 1.165) is 6.54 Å². The fraction of sp³-hybridized carbons (Fsp3) is 0.700. The Hall–Kier alpha value is 0.670. The number of aliphatic imine (C=N–C) groups is 1. The topological polar surface area (TPSA) is 12.4 Å². The normalized spacial score (nSPS) is 15.2. The molecule has 0 spiro atoms. The third kappa shape index (κ3) is 5.34. The van der Waals surface area contributed by atoms with Crippen molar-refractivity contribution in [3.05, 3.63) is 11.6 Å². The third-order valence-electron chi connectivity index (χ3n) is 2.08. The first-order valence-corrected chi connectivity index (χ1v) is 4.61. The van der Waals surface area contributed by atoms with Crippen molar-refractivity contribution in [2.24, 2.45) is 4.99 Å². The first kappa shape index (κ1) is 12.7. The number of rotatable bonds is 4. The van der Waals surface area contributed by atoms with Gasteiger partial charge in [0, 0.05) is 12.8 Å². The maximum atomic E-state index is 4.15. The molecule has 0 amide bonds. The summed E-state index contributed by atoms with van der Waals surface area (Å²) in [6.45, 7) is 3.26. The van der Waals surface area contributed by atoms with Gasteiger partial charge in [0.25, 0.3) is 0 Å². The van der Waals surface area contributed by atoms with E-state index in [1.54, 1.807) is 5.57 Å². The van der Waals surface area contributed by atoms with E-state index in [0.29, 0.717) is 0 Å². The molecule has 1 rings (SSSR count). The van der Waals surface area contributed by atoms with Crippen LogP contribution < -0.4 is 0 Å². The van der Waals surface area contributed by atoms with Crippen LogP contribution in [0, 0.1) is 0 Å². The monoisotopic (exact) mass is 193 g/mol. The molecule has 1 aliphatic heterocycles. The second-order valence-corrected chi connectivity index (χ2v) is 3.09. The van der Waals surface area contributed by atoms with Crippen LogP contribution in [0.3, 0.4) is 0 Å². The summed E-state index contributed by atoms with van der Waals surface area (Å²) in [5.74, 6) is 0. The van der Waals surface area contributed by atoms with Crippen LogP contribution in [-0.4, -0.2) is 50.5 Å². The van der Waals surface area contributed by atoms with Crippen LogP contribution >= 0.6 is 0 Å². The average molecular weight is 193 g/mol. The molecule has 1 aliphatic rings. The van der Waals surface area contributed by atoms with Crippen molar-refractivity contribution in [2.45, 2.75) is 39.0 Å². The van der Waals surface area contributed by atoms with Gasteiger partial charge in [-0.25, -0.2) is 0 Å². The Morgan fingerprint density at radius 1 is 1.50 bits per heavy atom. The van der Waals surface area contributed by atoms with Gasteiger partial charge in [0.2, 0.25) is 0 Å². The number of nitrogens with zero attached hydrogens (tertiary/aromatic N) is 1. The molecule has 1 heterocycles. The molecule has 0 saturated carbocycles. The predicted octanol–water partition coefficient (Wildman–Crippen LogP) is 2.81. The standard InChI is InChI=1S/C10H17N.Ca.2H/c1-2-3-4-5-10-6-8-11-9-7-10;;;/h6,8H,2-5,7,9H2,1H3;;;/q;+2;2*-1. The molecule has 0 atom stereocenters. The van der Waals surface area contributed by atoms with Gasteiger partial charge in [-0.2, -0.15) is 0 Å². The van der Waals surface area contributed by atoms with Crippen LogP contribution in [0.5, 0.6) is 0 Å². The molecule has 66 valence electrons. The molecular weight excluding hydrogens is 174 g/mol. The molecule has 2 heteroatoms. The minimum Gasteiger partial charge on any atom is -1.00 e. The zero-order valence-electron chi connectivity index (χ0n) is 10.1. The van der Waals surface area contributed by atoms with Crippen molar-refractivity contribution in [3.63, 3.8) is 0 Å². The summed E-state index contributed by atoms with van der Waals surface area (Å²) >= 11 is 0. The molecule has 0 radical (unpaired) electrons. The molecule has 0 aromatic heterocycles. The van der Waals surface area contributed by atoms with Crippen LogP contribution in [0.4, 0.5) is 0 Å². The second kappa shape index (κ2) is 8.28. The fourth-order valence-electron chi connectivity index (χ4n) is 1.33. The smallest absolute Gasteiger partial charge is 1.00 e. The number of dihydropyridines is 1. The number of hydrogen-bond donors (Lipinski definition) is 0. The molecule has 0 aliphatic carbocycles. The number of allylic oxidation sites excluding steroid dienone is 1. The molecule has 0 unspecified atom stereocenters. The summed E-state index contributed by atoms with van der Waals surface area (Å²) in [5.41, 5.74) is 1.59. The van der Waals surface area contributed by atoms with Crippen LogP contribution in [0.15, 0.2) is 16.6 Å². The Labute approximate surface area is 108 Å². The van der Waals surface area contributed by atoms with Crippen LogP contribution in [0.2, 0.25) is 0 Å². The van der Waals surface area contributed by atoms with Gasteiger partial charge in [-0.05, 0) is 25.3 Å². The van der Waals surface area contributed by atoms with E-state index in [1.165, 1.54) is 32.1 Å². The summed E-state index contributed by atoms with van der Waals surface area (Å²) in [5, 5.41) is 0. The van der Waals surface area contributed by atoms with E-state index in [4.69, 9.17) is 0 Å². The zero-order chi connectivity index (χ0) is 7.94. The maximum Gasteiger partial charge on any atom is 2.00 e. The summed E-state index contributed by atoms with van der Waals surface area (Å²) < 4.78 is 0. The molecule has 0 N–H and O–H groups in total. The Morgan fingerprint density at radius 3 is 2.92 bits per heavy atom. The van der Waals surface area contributed by atoms with Gasteiger partial charge in [0.05, 0.1) is 0 Å². The van der Waals surface area contributed by atoms with Crippen molar-refractivity contribution in [3.8, 4) is 0 Å². The molecule has 12 heavy (non-hydrogen) atoms. The van der Waals surface area contributed by atoms with Crippen LogP contribution in [0.25, 0.3) is 0 Å². The van der Waals surface area contributed by atoms with Gasteiger partial charge in [0.15, 0.2) is 0 Å². The Kier molecular flexibility index (Phi) is 8.74. The zero-order valence-corrected chi connectivity index (χ0v) is 10.3. The van der Waals surface area contributed by atoms with E-state index in [-0.39, 0.29) is 40.6 Å². The van der Waals surface area contributed by atoms with E-state index < -0.39 is 0 Å². The molecule has 1 nitrogen and oxygen atoms in total. The summed E-state index contributed by atoms with van der Waals surface area (Å²) in [6, 6.07) is 0. The number of hydrogen-bond acceptors (Lipinski definition) is 1. The molecule has 0 bridgehead atoms. The van der Waals surface area contributed by atoms with Gasteiger partial charge in [0.1, 0.15) is 0 Å². The minimum absolute atomic E-state index is 0. The van der Waals surface area contributed by atoms with Crippen LogP contribution in [-0.2, 0) is 0 Å². The van der Waals surface area contributed by atoms with Gasteiger partial charge in [-0.15, -0.1) is 0 Å². The Bertz CT molecular complexity index is 170. The molecule has 0 aromatic carbocycles. The van der Waals surface area contributed by atoms with E-state index in [2.05, 4.69) is 18.0 Å². The van der Waals surface area contributed by atoms with Crippen LogP contribution in [0.1, 0.15) is 41.9 Å². The second-order valence-electron chi connectivity index (χ2n) is 3.09. The molecule has 0 saturated heterocycles. The van der Waals surface area contributed by atoms with Gasteiger partial charge >= 0.3 is 37.7 Å². The third-order valence-corrected chi connectivity index (χ3v) is 2.08. The fourth-order valence-corrected chi connectivity index (χ4v) is 1.33. The van der Waals surface area contributed by atoms with E-state index in [1.807, 2.05) is 6.21 Å². The first-order chi connectivity index (χ1) is 5.43. The predicted molar refractivity (Wildman–Crippen MR) is 58.2 cm³/mol. The first-order valence-electron chi connectivity index (χ1n) is 4.61. The molecular formula is C10H19CaN. The molecule has 0 aromatic rings. The maximum absolute atomic E-state index is 4.15. The Morgan fingerprint density at radius 2 is 2.33 bits per heavy atom. The van der Waals surface area contributed by atoms with Crippen molar-refractivity contribution in [1.82, 2.24) is 0 Å². The van der Waals surface area contributed by atoms with Crippen molar-refractivity contribution in [1.29, 1.82) is 0 Å². The summed E-state index contributed by atoms with van der Waals surface area (Å²) in [7, 11) is 0. The van der Waals surface area contributed by atoms with E-state index in [9.17, 15) is 0 Å². The largest absolute Gasteiger partial charge is 2.00 e. The summed E-state index contributed by atoms with van der Waals surface area (Å²) in [6.07, 6.45) is 10.7. The van der Waals surface area contributed by atoms with Crippen molar-refractivity contribution in [2.75, 3.05) is 6.54 Å². The minimum atomic E-state index is 0. The Balaban J connectivity index is -0.000000403. The van der Waals surface area contributed by atoms with E-state index >= 15 is 0 Å². The van der Waals surface area contributed by atoms with Crippen molar-refractivity contribution < 1.29 is 2.85 Å². The van der Waals surface area contributed by atoms with Gasteiger partial charge < -0.3 is 2.85 Å². The number of unbranched alkanes of at least 4 members (excludes halogenated alkanes) is 2. The quantitative estimate of drug-likeness (QED) is 0.481. The summed E-state index contributed by atoms with van der Waals surface area (Å²) in [4.78, 5) is 4.15. The van der Waals surface area contributed by atoms with Gasteiger partial charge in [-0.1, -0.05) is 25.3 Å². The molecule has 0 fully saturated rings. The average Bonchev–Trinajstić information content (AvgIpc) is 2.07. The SMILES string of the molecule is CCCCCC1=CC=NCC1.[Ca+2].[H-].[H-].